The molecule has 1 heterocycles. The normalized spacial score (nSPS) is 18.9. The minimum atomic E-state index is -0.436. The van der Waals surface area contributed by atoms with Crippen molar-refractivity contribution < 1.29 is 9.53 Å². The quantitative estimate of drug-likeness (QED) is 0.781. The summed E-state index contributed by atoms with van der Waals surface area (Å²) in [6.45, 7) is 11.9. The topological polar surface area (TPSA) is 50.4 Å². The molecule has 1 fully saturated rings. The summed E-state index contributed by atoms with van der Waals surface area (Å²) in [6.07, 6.45) is 1.88. The van der Waals surface area contributed by atoms with Crippen molar-refractivity contribution in [1.29, 1.82) is 0 Å². The molecule has 0 radical (unpaired) electrons. The molecular weight excluding hydrogens is 216 g/mol. The van der Waals surface area contributed by atoms with Crippen molar-refractivity contribution in [2.75, 3.05) is 13.1 Å². The molecule has 4 heteroatoms. The Balaban J connectivity index is 2.50. The Morgan fingerprint density at radius 2 is 1.71 bits per heavy atom. The number of carbonyl (C=O) groups is 1. The van der Waals surface area contributed by atoms with Crippen molar-refractivity contribution in [2.24, 2.45) is 5.92 Å². The number of carbonyl (C=O) groups excluding carboxylic acids is 1. The van der Waals surface area contributed by atoms with E-state index in [9.17, 15) is 4.79 Å². The van der Waals surface area contributed by atoms with Crippen LogP contribution in [0.15, 0.2) is 0 Å². The highest BCUT2D eigenvalue weighted by Crippen LogP contribution is 2.25. The summed E-state index contributed by atoms with van der Waals surface area (Å²) in [7, 11) is 0. The fourth-order valence-electron chi connectivity index (χ4n) is 2.21. The molecular formula is C13H26N2O2. The SMILES string of the molecule is CC(C)(C)OC(=O)NC(C)(C)C1CCNCC1. The molecule has 1 amide bonds. The van der Waals surface area contributed by atoms with Gasteiger partial charge in [-0.25, -0.2) is 4.79 Å². The third kappa shape index (κ3) is 4.94. The molecule has 0 aliphatic carbocycles. The molecule has 0 aromatic heterocycles. The van der Waals surface area contributed by atoms with E-state index in [4.69, 9.17) is 4.74 Å². The molecule has 0 unspecified atom stereocenters. The van der Waals surface area contributed by atoms with Gasteiger partial charge in [0.25, 0.3) is 0 Å². The average molecular weight is 242 g/mol. The molecule has 0 saturated carbocycles. The first-order chi connectivity index (χ1) is 7.71. The summed E-state index contributed by atoms with van der Waals surface area (Å²) in [5, 5.41) is 6.33. The molecule has 1 rings (SSSR count). The molecule has 100 valence electrons. The molecule has 0 bridgehead atoms. The number of piperidine rings is 1. The molecule has 0 spiro atoms. The third-order valence-corrected chi connectivity index (χ3v) is 3.18. The Morgan fingerprint density at radius 3 is 2.18 bits per heavy atom. The van der Waals surface area contributed by atoms with Crippen LogP contribution in [0.2, 0.25) is 0 Å². The van der Waals surface area contributed by atoms with Gasteiger partial charge < -0.3 is 15.4 Å². The monoisotopic (exact) mass is 242 g/mol. The summed E-state index contributed by atoms with van der Waals surface area (Å²) in [6, 6.07) is 0. The Bertz CT molecular complexity index is 263. The van der Waals surface area contributed by atoms with E-state index < -0.39 is 5.60 Å². The van der Waals surface area contributed by atoms with E-state index >= 15 is 0 Å². The molecule has 1 aliphatic rings. The molecule has 2 N–H and O–H groups in total. The summed E-state index contributed by atoms with van der Waals surface area (Å²) in [5.41, 5.74) is -0.640. The van der Waals surface area contributed by atoms with Gasteiger partial charge in [0.05, 0.1) is 0 Å². The second-order valence-corrected chi connectivity index (χ2v) is 6.37. The third-order valence-electron chi connectivity index (χ3n) is 3.18. The van der Waals surface area contributed by atoms with Gasteiger partial charge in [-0.3, -0.25) is 0 Å². The molecule has 4 nitrogen and oxygen atoms in total. The van der Waals surface area contributed by atoms with Crippen LogP contribution in [0.5, 0.6) is 0 Å². The number of nitrogens with one attached hydrogen (secondary N) is 2. The lowest BCUT2D eigenvalue weighted by Gasteiger charge is -2.38. The minimum absolute atomic E-state index is 0.204. The Kier molecular flexibility index (Phi) is 4.42. The first-order valence-electron chi connectivity index (χ1n) is 6.42. The van der Waals surface area contributed by atoms with Gasteiger partial charge in [-0.2, -0.15) is 0 Å². The van der Waals surface area contributed by atoms with Crippen LogP contribution < -0.4 is 10.6 Å². The van der Waals surface area contributed by atoms with E-state index in [1.54, 1.807) is 0 Å². The van der Waals surface area contributed by atoms with Crippen LogP contribution in [-0.2, 0) is 4.74 Å². The molecule has 0 atom stereocenters. The number of alkyl carbamates (subject to hydrolysis) is 1. The minimum Gasteiger partial charge on any atom is -0.444 e. The maximum Gasteiger partial charge on any atom is 0.408 e. The predicted octanol–water partition coefficient (Wildman–Crippen LogP) is 2.29. The number of amides is 1. The molecule has 0 aromatic rings. The second-order valence-electron chi connectivity index (χ2n) is 6.37. The summed E-state index contributed by atoms with van der Waals surface area (Å²) < 4.78 is 5.30. The van der Waals surface area contributed by atoms with Crippen LogP contribution in [0.4, 0.5) is 4.79 Å². The number of rotatable bonds is 2. The zero-order valence-electron chi connectivity index (χ0n) is 11.7. The maximum atomic E-state index is 11.8. The highest BCUT2D eigenvalue weighted by atomic mass is 16.6. The smallest absolute Gasteiger partial charge is 0.408 e. The van der Waals surface area contributed by atoms with Crippen LogP contribution in [0.3, 0.4) is 0 Å². The van der Waals surface area contributed by atoms with Crippen molar-refractivity contribution in [3.8, 4) is 0 Å². The second kappa shape index (κ2) is 5.25. The van der Waals surface area contributed by atoms with Gasteiger partial charge in [0, 0.05) is 5.54 Å². The van der Waals surface area contributed by atoms with Gasteiger partial charge in [-0.1, -0.05) is 0 Å². The summed E-state index contributed by atoms with van der Waals surface area (Å²) >= 11 is 0. The standard InChI is InChI=1S/C13H26N2O2/c1-12(2,3)17-11(16)15-13(4,5)10-6-8-14-9-7-10/h10,14H,6-9H2,1-5H3,(H,15,16). The van der Waals surface area contributed by atoms with Gasteiger partial charge in [0.1, 0.15) is 5.60 Å². The lowest BCUT2D eigenvalue weighted by Crippen LogP contribution is -2.52. The van der Waals surface area contributed by atoms with E-state index in [0.717, 1.165) is 25.9 Å². The number of ether oxygens (including phenoxy) is 1. The van der Waals surface area contributed by atoms with Crippen LogP contribution in [0, 0.1) is 5.92 Å². The fourth-order valence-corrected chi connectivity index (χ4v) is 2.21. The van der Waals surface area contributed by atoms with Gasteiger partial charge in [0.2, 0.25) is 0 Å². The lowest BCUT2D eigenvalue weighted by atomic mass is 9.81. The van der Waals surface area contributed by atoms with E-state index in [0.29, 0.717) is 5.92 Å². The molecule has 17 heavy (non-hydrogen) atoms. The fraction of sp³-hybridized carbons (Fsp3) is 0.923. The van der Waals surface area contributed by atoms with Crippen LogP contribution in [0.25, 0.3) is 0 Å². The van der Waals surface area contributed by atoms with Gasteiger partial charge in [0.15, 0.2) is 0 Å². The Morgan fingerprint density at radius 1 is 1.18 bits per heavy atom. The largest absolute Gasteiger partial charge is 0.444 e. The van der Waals surface area contributed by atoms with Gasteiger partial charge in [-0.15, -0.1) is 0 Å². The molecule has 0 aromatic carbocycles. The predicted molar refractivity (Wildman–Crippen MR) is 69.0 cm³/mol. The highest BCUT2D eigenvalue weighted by molar-refractivity contribution is 5.68. The van der Waals surface area contributed by atoms with Crippen LogP contribution in [0.1, 0.15) is 47.5 Å². The zero-order chi connectivity index (χ0) is 13.1. The van der Waals surface area contributed by atoms with E-state index in [2.05, 4.69) is 24.5 Å². The average Bonchev–Trinajstić information content (AvgIpc) is 2.15. The van der Waals surface area contributed by atoms with Crippen molar-refractivity contribution in [3.05, 3.63) is 0 Å². The van der Waals surface area contributed by atoms with E-state index in [1.807, 2.05) is 20.8 Å². The van der Waals surface area contributed by atoms with Crippen molar-refractivity contribution in [1.82, 2.24) is 10.6 Å². The van der Waals surface area contributed by atoms with E-state index in [-0.39, 0.29) is 11.6 Å². The Hall–Kier alpha value is -0.770. The van der Waals surface area contributed by atoms with Crippen molar-refractivity contribution >= 4 is 6.09 Å². The molecule has 1 aliphatic heterocycles. The maximum absolute atomic E-state index is 11.8. The van der Waals surface area contributed by atoms with Crippen LogP contribution in [-0.4, -0.2) is 30.3 Å². The summed E-state index contributed by atoms with van der Waals surface area (Å²) in [4.78, 5) is 11.8. The molecule has 1 saturated heterocycles. The van der Waals surface area contributed by atoms with Crippen LogP contribution >= 0.6 is 0 Å². The Labute approximate surface area is 104 Å². The number of hydrogen-bond donors (Lipinski definition) is 2. The number of hydrogen-bond acceptors (Lipinski definition) is 3. The van der Waals surface area contributed by atoms with Crippen molar-refractivity contribution in [3.63, 3.8) is 0 Å². The first-order valence-corrected chi connectivity index (χ1v) is 6.42. The van der Waals surface area contributed by atoms with Gasteiger partial charge in [-0.05, 0) is 66.5 Å². The summed E-state index contributed by atoms with van der Waals surface area (Å²) in [5.74, 6) is 0.510. The van der Waals surface area contributed by atoms with Gasteiger partial charge >= 0.3 is 6.09 Å². The zero-order valence-corrected chi connectivity index (χ0v) is 11.7. The first kappa shape index (κ1) is 14.3. The van der Waals surface area contributed by atoms with Crippen molar-refractivity contribution in [2.45, 2.75) is 58.6 Å². The van der Waals surface area contributed by atoms with E-state index in [1.165, 1.54) is 0 Å². The highest BCUT2D eigenvalue weighted by Gasteiger charge is 2.33. The lowest BCUT2D eigenvalue weighted by molar-refractivity contribution is 0.0421.